The number of thioether (sulfide) groups is 1. The van der Waals surface area contributed by atoms with Gasteiger partial charge in [0.1, 0.15) is 5.52 Å². The molecule has 6 nitrogen and oxygen atoms in total. The van der Waals surface area contributed by atoms with Crippen LogP contribution < -0.4 is 0 Å². The molecule has 1 N–H and O–H groups in total. The maximum atomic E-state index is 10.8. The predicted molar refractivity (Wildman–Crippen MR) is 79.7 cm³/mol. The van der Waals surface area contributed by atoms with E-state index in [0.29, 0.717) is 11.8 Å². The van der Waals surface area contributed by atoms with Crippen LogP contribution in [0.15, 0.2) is 17.4 Å². The SMILES string of the molecule is Cc1cnc2c(c1)nc(SCC(=O)O)n2C1CCCOC1. The van der Waals surface area contributed by atoms with E-state index in [0.717, 1.165) is 36.2 Å². The molecule has 1 saturated heterocycles. The van der Waals surface area contributed by atoms with Crippen LogP contribution in [0.2, 0.25) is 0 Å². The van der Waals surface area contributed by atoms with Crippen molar-refractivity contribution in [1.29, 1.82) is 0 Å². The number of aliphatic carboxylic acids is 1. The molecule has 2 aromatic rings. The third-order valence-electron chi connectivity index (χ3n) is 3.46. The molecule has 0 spiro atoms. The third-order valence-corrected chi connectivity index (χ3v) is 4.40. The van der Waals surface area contributed by atoms with E-state index < -0.39 is 5.97 Å². The van der Waals surface area contributed by atoms with Gasteiger partial charge < -0.3 is 9.84 Å². The van der Waals surface area contributed by atoms with Crippen LogP contribution in [-0.2, 0) is 9.53 Å². The van der Waals surface area contributed by atoms with Crippen molar-refractivity contribution in [2.24, 2.45) is 0 Å². The molecule has 0 aliphatic carbocycles. The molecule has 0 bridgehead atoms. The molecule has 1 aliphatic rings. The van der Waals surface area contributed by atoms with Crippen molar-refractivity contribution in [2.75, 3.05) is 19.0 Å². The largest absolute Gasteiger partial charge is 0.481 e. The fraction of sp³-hybridized carbons (Fsp3) is 0.500. The van der Waals surface area contributed by atoms with E-state index in [4.69, 9.17) is 9.84 Å². The van der Waals surface area contributed by atoms with Gasteiger partial charge in [-0.1, -0.05) is 11.8 Å². The first-order chi connectivity index (χ1) is 10.1. The Morgan fingerprint density at radius 2 is 2.48 bits per heavy atom. The lowest BCUT2D eigenvalue weighted by Crippen LogP contribution is -2.22. The van der Waals surface area contributed by atoms with Gasteiger partial charge in [-0.15, -0.1) is 0 Å². The number of hydrogen-bond acceptors (Lipinski definition) is 5. The number of ether oxygens (including phenoxy) is 1. The highest BCUT2D eigenvalue weighted by atomic mass is 32.2. The summed E-state index contributed by atoms with van der Waals surface area (Å²) in [5.74, 6) is -0.849. The molecule has 1 aliphatic heterocycles. The summed E-state index contributed by atoms with van der Waals surface area (Å²) in [6.45, 7) is 3.38. The summed E-state index contributed by atoms with van der Waals surface area (Å²) in [5, 5.41) is 9.61. The number of fused-ring (bicyclic) bond motifs is 1. The van der Waals surface area contributed by atoms with Gasteiger partial charge in [0.25, 0.3) is 0 Å². The average Bonchev–Trinajstić information content (AvgIpc) is 2.83. The highest BCUT2D eigenvalue weighted by molar-refractivity contribution is 7.99. The maximum Gasteiger partial charge on any atom is 0.313 e. The van der Waals surface area contributed by atoms with Crippen LogP contribution >= 0.6 is 11.8 Å². The van der Waals surface area contributed by atoms with E-state index in [-0.39, 0.29) is 11.8 Å². The fourth-order valence-corrected chi connectivity index (χ4v) is 3.34. The molecule has 1 fully saturated rings. The standard InChI is InChI=1S/C14H17N3O3S/c1-9-5-11-13(15-6-9)17(10-3-2-4-20-7-10)14(16-11)21-8-12(18)19/h5-6,10H,2-4,7-8H2,1H3,(H,18,19). The molecule has 0 radical (unpaired) electrons. The molecule has 3 rings (SSSR count). The van der Waals surface area contributed by atoms with Gasteiger partial charge in [0.15, 0.2) is 10.8 Å². The second-order valence-electron chi connectivity index (χ2n) is 5.17. The van der Waals surface area contributed by atoms with Gasteiger partial charge in [0, 0.05) is 12.8 Å². The molecule has 0 amide bonds. The number of aryl methyl sites for hydroxylation is 1. The Balaban J connectivity index is 2.03. The smallest absolute Gasteiger partial charge is 0.313 e. The van der Waals surface area contributed by atoms with E-state index >= 15 is 0 Å². The number of carboxylic acid groups (broad SMARTS) is 1. The van der Waals surface area contributed by atoms with Crippen molar-refractivity contribution in [3.8, 4) is 0 Å². The van der Waals surface area contributed by atoms with Gasteiger partial charge in [-0.2, -0.15) is 0 Å². The number of hydrogen-bond donors (Lipinski definition) is 1. The zero-order valence-corrected chi connectivity index (χ0v) is 12.6. The van der Waals surface area contributed by atoms with Crippen LogP contribution in [0, 0.1) is 6.92 Å². The summed E-state index contributed by atoms with van der Waals surface area (Å²) >= 11 is 1.24. The van der Waals surface area contributed by atoms with Crippen molar-refractivity contribution in [2.45, 2.75) is 31.0 Å². The first-order valence-electron chi connectivity index (χ1n) is 6.92. The minimum atomic E-state index is -0.845. The van der Waals surface area contributed by atoms with Crippen LogP contribution in [0.3, 0.4) is 0 Å². The Kier molecular flexibility index (Phi) is 4.12. The second kappa shape index (κ2) is 6.03. The van der Waals surface area contributed by atoms with Crippen LogP contribution in [0.5, 0.6) is 0 Å². The summed E-state index contributed by atoms with van der Waals surface area (Å²) in [4.78, 5) is 19.9. The molecule has 0 saturated carbocycles. The lowest BCUT2D eigenvalue weighted by Gasteiger charge is -2.25. The van der Waals surface area contributed by atoms with Crippen LogP contribution in [0.4, 0.5) is 0 Å². The Morgan fingerprint density at radius 3 is 3.19 bits per heavy atom. The molecule has 2 aromatic heterocycles. The average molecular weight is 307 g/mol. The molecular weight excluding hydrogens is 290 g/mol. The first kappa shape index (κ1) is 14.3. The first-order valence-corrected chi connectivity index (χ1v) is 7.90. The summed E-state index contributed by atoms with van der Waals surface area (Å²) in [7, 11) is 0. The minimum Gasteiger partial charge on any atom is -0.481 e. The summed E-state index contributed by atoms with van der Waals surface area (Å²) in [6.07, 6.45) is 3.82. The Labute approximate surface area is 126 Å². The van der Waals surface area contributed by atoms with E-state index in [1.165, 1.54) is 11.8 Å². The quantitative estimate of drug-likeness (QED) is 0.873. The number of carbonyl (C=O) groups is 1. The zero-order valence-electron chi connectivity index (χ0n) is 11.8. The number of pyridine rings is 1. The number of aromatic nitrogens is 3. The molecule has 1 atom stereocenters. The molecule has 112 valence electrons. The van der Waals surface area contributed by atoms with Crippen molar-refractivity contribution in [3.63, 3.8) is 0 Å². The topological polar surface area (TPSA) is 77.2 Å². The summed E-state index contributed by atoms with van der Waals surface area (Å²) in [5.41, 5.74) is 2.67. The Bertz CT molecular complexity index is 665. The van der Waals surface area contributed by atoms with Gasteiger partial charge in [0.05, 0.1) is 18.4 Å². The lowest BCUT2D eigenvalue weighted by molar-refractivity contribution is -0.133. The second-order valence-corrected chi connectivity index (χ2v) is 6.12. The molecule has 0 aromatic carbocycles. The number of nitrogens with zero attached hydrogens (tertiary/aromatic N) is 3. The molecule has 1 unspecified atom stereocenters. The number of carboxylic acids is 1. The fourth-order valence-electron chi connectivity index (χ4n) is 2.55. The van der Waals surface area contributed by atoms with Gasteiger partial charge in [-0.05, 0) is 31.4 Å². The van der Waals surface area contributed by atoms with Crippen LogP contribution in [0.25, 0.3) is 11.2 Å². The van der Waals surface area contributed by atoms with Crippen molar-refractivity contribution >= 4 is 28.9 Å². The van der Waals surface area contributed by atoms with Gasteiger partial charge >= 0.3 is 5.97 Å². The van der Waals surface area contributed by atoms with E-state index in [9.17, 15) is 4.79 Å². The normalized spacial score (nSPS) is 19.0. The van der Waals surface area contributed by atoms with Crippen molar-refractivity contribution in [3.05, 3.63) is 17.8 Å². The molecule has 3 heterocycles. The Hall–Kier alpha value is -1.60. The highest BCUT2D eigenvalue weighted by Crippen LogP contribution is 2.30. The third kappa shape index (κ3) is 3.03. The van der Waals surface area contributed by atoms with Gasteiger partial charge in [-0.3, -0.25) is 9.36 Å². The van der Waals surface area contributed by atoms with Crippen molar-refractivity contribution < 1.29 is 14.6 Å². The van der Waals surface area contributed by atoms with Crippen molar-refractivity contribution in [1.82, 2.24) is 14.5 Å². The summed E-state index contributed by atoms with van der Waals surface area (Å²) in [6, 6.07) is 2.16. The molecular formula is C14H17N3O3S. The lowest BCUT2D eigenvalue weighted by atomic mass is 10.1. The highest BCUT2D eigenvalue weighted by Gasteiger charge is 2.23. The zero-order chi connectivity index (χ0) is 14.8. The van der Waals surface area contributed by atoms with Gasteiger partial charge in [-0.25, -0.2) is 9.97 Å². The summed E-state index contributed by atoms with van der Waals surface area (Å²) < 4.78 is 7.60. The van der Waals surface area contributed by atoms with Gasteiger partial charge in [0.2, 0.25) is 0 Å². The molecule has 7 heteroatoms. The number of rotatable bonds is 4. The van der Waals surface area contributed by atoms with E-state index in [1.807, 2.05) is 23.8 Å². The van der Waals surface area contributed by atoms with Crippen LogP contribution in [-0.4, -0.2) is 44.6 Å². The molecule has 21 heavy (non-hydrogen) atoms. The number of imidazole rings is 1. The monoisotopic (exact) mass is 307 g/mol. The van der Waals surface area contributed by atoms with Crippen LogP contribution in [0.1, 0.15) is 24.4 Å². The van der Waals surface area contributed by atoms with E-state index in [2.05, 4.69) is 9.97 Å². The predicted octanol–water partition coefficient (Wildman–Crippen LogP) is 2.27. The van der Waals surface area contributed by atoms with E-state index in [1.54, 1.807) is 0 Å². The minimum absolute atomic E-state index is 0.00409. The Morgan fingerprint density at radius 1 is 1.62 bits per heavy atom. The maximum absolute atomic E-state index is 10.8.